The van der Waals surface area contributed by atoms with Crippen LogP contribution in [0.5, 0.6) is 0 Å². The van der Waals surface area contributed by atoms with Gasteiger partial charge in [0.2, 0.25) is 0 Å². The molecule has 1 aromatic carbocycles. The molecular weight excluding hydrogens is 328 g/mol. The number of hydrogen-bond donors (Lipinski definition) is 1. The van der Waals surface area contributed by atoms with E-state index in [-0.39, 0.29) is 0 Å². The number of nitrogens with one attached hydrogen (secondary N) is 1. The molecule has 23 heavy (non-hydrogen) atoms. The van der Waals surface area contributed by atoms with Gasteiger partial charge in [-0.3, -0.25) is 40.5 Å². The molecule has 0 bridgehead atoms. The minimum atomic E-state index is -2.52. The Morgan fingerprint density at radius 3 is 1.65 bits per heavy atom. The normalized spacial score (nSPS) is 11.3. The summed E-state index contributed by atoms with van der Waals surface area (Å²) in [7, 11) is 0. The van der Waals surface area contributed by atoms with Crippen LogP contribution in [0.1, 0.15) is 11.7 Å². The van der Waals surface area contributed by atoms with Crippen LogP contribution < -0.4 is 5.43 Å². The maximum atomic E-state index is 11.0. The number of benzene rings is 1. The van der Waals surface area contributed by atoms with Crippen molar-refractivity contribution in [2.45, 2.75) is 6.17 Å². The average Bonchev–Trinajstić information content (AvgIpc) is 2.42. The molecule has 0 heterocycles. The second-order valence-electron chi connectivity index (χ2n) is 3.72. The maximum Gasteiger partial charge on any atom is 0.422 e. The summed E-state index contributed by atoms with van der Waals surface area (Å²) >= 11 is 0. The second kappa shape index (κ2) is 6.20. The number of nitrogens with zero attached hydrogens (tertiary/aromatic N) is 5. The zero-order valence-corrected chi connectivity index (χ0v) is 10.6. The fraction of sp³-hybridized carbons (Fsp3) is 0.143. The van der Waals surface area contributed by atoms with Crippen molar-refractivity contribution in [1.29, 1.82) is 0 Å². The van der Waals surface area contributed by atoms with Gasteiger partial charge in [0.05, 0.1) is 19.7 Å². The summed E-state index contributed by atoms with van der Waals surface area (Å²) in [5.74, 6) is 0. The van der Waals surface area contributed by atoms with E-state index in [1.54, 1.807) is 0 Å². The number of nitro groups is 5. The molecule has 0 aliphatic carbocycles. The first kappa shape index (κ1) is 17.1. The molecule has 0 saturated carbocycles. The standard InChI is InChI=1S/C7H4N6O10/c14-9(15)4-2-1-3(7(12(20)21)8-13(22)23)5(10(16)17)6(4)11(18)19/h1-2,7-8H. The predicted molar refractivity (Wildman–Crippen MR) is 66.3 cm³/mol. The van der Waals surface area contributed by atoms with Crippen molar-refractivity contribution < 1.29 is 24.7 Å². The van der Waals surface area contributed by atoms with Gasteiger partial charge in [-0.15, -0.1) is 0 Å². The Balaban J connectivity index is 3.79. The summed E-state index contributed by atoms with van der Waals surface area (Å²) in [6.07, 6.45) is -2.52. The van der Waals surface area contributed by atoms with E-state index in [2.05, 4.69) is 0 Å². The molecule has 0 saturated heterocycles. The zero-order chi connectivity index (χ0) is 17.9. The molecule has 16 heteroatoms. The quantitative estimate of drug-likeness (QED) is 0.409. The van der Waals surface area contributed by atoms with Gasteiger partial charge in [0.15, 0.2) is 5.03 Å². The molecule has 0 radical (unpaired) electrons. The maximum absolute atomic E-state index is 11.0. The lowest BCUT2D eigenvalue weighted by Gasteiger charge is -2.07. The smallest absolute Gasteiger partial charge is 0.262 e. The van der Waals surface area contributed by atoms with Crippen LogP contribution in [0.25, 0.3) is 0 Å². The second-order valence-corrected chi connectivity index (χ2v) is 3.72. The molecule has 1 atom stereocenters. The first-order valence-electron chi connectivity index (χ1n) is 5.22. The summed E-state index contributed by atoms with van der Waals surface area (Å²) in [6, 6.07) is 0.881. The summed E-state index contributed by atoms with van der Waals surface area (Å²) in [5, 5.41) is 52.4. The summed E-state index contributed by atoms with van der Waals surface area (Å²) in [6.45, 7) is 0. The third-order valence-corrected chi connectivity index (χ3v) is 2.46. The fourth-order valence-corrected chi connectivity index (χ4v) is 1.65. The van der Waals surface area contributed by atoms with E-state index < -0.39 is 53.5 Å². The van der Waals surface area contributed by atoms with Crippen LogP contribution >= 0.6 is 0 Å². The van der Waals surface area contributed by atoms with Gasteiger partial charge in [-0.1, -0.05) is 5.43 Å². The van der Waals surface area contributed by atoms with Crippen molar-refractivity contribution in [2.75, 3.05) is 0 Å². The van der Waals surface area contributed by atoms with Gasteiger partial charge in [-0.2, -0.15) is 0 Å². The Morgan fingerprint density at radius 1 is 0.783 bits per heavy atom. The summed E-state index contributed by atoms with van der Waals surface area (Å²) < 4.78 is 0. The predicted octanol–water partition coefficient (Wildman–Crippen LogP) is 0.468. The first-order chi connectivity index (χ1) is 10.6. The van der Waals surface area contributed by atoms with Gasteiger partial charge in [-0.25, -0.2) is 10.1 Å². The molecule has 1 unspecified atom stereocenters. The van der Waals surface area contributed by atoms with Crippen LogP contribution in [0.15, 0.2) is 12.1 Å². The molecular formula is C7H4N6O10. The lowest BCUT2D eigenvalue weighted by molar-refractivity contribution is -0.644. The van der Waals surface area contributed by atoms with E-state index in [1.807, 2.05) is 0 Å². The highest BCUT2D eigenvalue weighted by Gasteiger charge is 2.45. The van der Waals surface area contributed by atoms with E-state index >= 15 is 0 Å². The first-order valence-corrected chi connectivity index (χ1v) is 5.22. The Morgan fingerprint density at radius 2 is 1.30 bits per heavy atom. The van der Waals surface area contributed by atoms with E-state index in [4.69, 9.17) is 0 Å². The van der Waals surface area contributed by atoms with Crippen LogP contribution in [0, 0.1) is 50.6 Å². The summed E-state index contributed by atoms with van der Waals surface area (Å²) in [4.78, 5) is 48.2. The Kier molecular flexibility index (Phi) is 4.60. The van der Waals surface area contributed by atoms with Gasteiger partial charge in [0.25, 0.3) is 0 Å². The van der Waals surface area contributed by atoms with Crippen LogP contribution in [-0.4, -0.2) is 24.7 Å². The lowest BCUT2D eigenvalue weighted by atomic mass is 10.1. The van der Waals surface area contributed by atoms with Gasteiger partial charge < -0.3 is 0 Å². The highest BCUT2D eigenvalue weighted by Crippen LogP contribution is 2.41. The molecule has 0 spiro atoms. The van der Waals surface area contributed by atoms with Crippen molar-refractivity contribution in [3.8, 4) is 0 Å². The van der Waals surface area contributed by atoms with Gasteiger partial charge >= 0.3 is 23.2 Å². The molecule has 1 N–H and O–H groups in total. The third kappa shape index (κ3) is 3.37. The molecule has 1 aromatic rings. The Labute approximate surface area is 123 Å². The van der Waals surface area contributed by atoms with Crippen LogP contribution in [0.2, 0.25) is 0 Å². The van der Waals surface area contributed by atoms with Crippen LogP contribution in [0.3, 0.4) is 0 Å². The third-order valence-electron chi connectivity index (χ3n) is 2.46. The molecule has 0 aliphatic heterocycles. The minimum absolute atomic E-state index is 0.415. The monoisotopic (exact) mass is 332 g/mol. The largest absolute Gasteiger partial charge is 0.422 e. The van der Waals surface area contributed by atoms with Crippen molar-refractivity contribution >= 4 is 17.1 Å². The van der Waals surface area contributed by atoms with E-state index in [1.165, 1.54) is 0 Å². The highest BCUT2D eigenvalue weighted by atomic mass is 16.7. The van der Waals surface area contributed by atoms with Crippen LogP contribution in [-0.2, 0) is 0 Å². The lowest BCUT2D eigenvalue weighted by Crippen LogP contribution is -2.33. The average molecular weight is 332 g/mol. The molecule has 122 valence electrons. The van der Waals surface area contributed by atoms with Crippen LogP contribution in [0.4, 0.5) is 17.1 Å². The molecule has 0 aliphatic rings. The van der Waals surface area contributed by atoms with Crippen molar-refractivity contribution in [3.05, 3.63) is 68.3 Å². The Hall–Kier alpha value is -3.98. The topological polar surface area (TPSA) is 228 Å². The molecule has 1 rings (SSSR count). The van der Waals surface area contributed by atoms with E-state index in [0.717, 1.165) is 5.43 Å². The Bertz CT molecular complexity index is 731. The van der Waals surface area contributed by atoms with Gasteiger partial charge in [0.1, 0.15) is 5.56 Å². The molecule has 0 fully saturated rings. The number of nitro benzene ring substituents is 3. The fourth-order valence-electron chi connectivity index (χ4n) is 1.65. The number of rotatable bonds is 7. The summed E-state index contributed by atoms with van der Waals surface area (Å²) in [5.41, 5.74) is -4.43. The van der Waals surface area contributed by atoms with Crippen molar-refractivity contribution in [2.24, 2.45) is 0 Å². The van der Waals surface area contributed by atoms with Crippen molar-refractivity contribution in [1.82, 2.24) is 5.43 Å². The molecule has 16 nitrogen and oxygen atoms in total. The SMILES string of the molecule is O=[N+]([O-])NC(c1ccc([N+](=O)[O-])c([N+](=O)[O-])c1[N+](=O)[O-])[N+](=O)[O-]. The highest BCUT2D eigenvalue weighted by molar-refractivity contribution is 5.69. The van der Waals surface area contributed by atoms with E-state index in [9.17, 15) is 50.6 Å². The molecule has 0 aromatic heterocycles. The minimum Gasteiger partial charge on any atom is -0.262 e. The number of hydrazine groups is 1. The van der Waals surface area contributed by atoms with Gasteiger partial charge in [0, 0.05) is 6.07 Å². The van der Waals surface area contributed by atoms with Crippen molar-refractivity contribution in [3.63, 3.8) is 0 Å². The number of hydrogen-bond acceptors (Lipinski definition) is 10. The van der Waals surface area contributed by atoms with E-state index in [0.29, 0.717) is 12.1 Å². The molecule has 0 amide bonds. The zero-order valence-electron chi connectivity index (χ0n) is 10.6. The van der Waals surface area contributed by atoms with Gasteiger partial charge in [-0.05, 0) is 6.07 Å².